The Balaban J connectivity index is 2.12. The summed E-state index contributed by atoms with van der Waals surface area (Å²) < 4.78 is 86.2. The lowest BCUT2D eigenvalue weighted by molar-refractivity contribution is -0.176. The lowest BCUT2D eigenvalue weighted by atomic mass is 10.0. The maximum absolute atomic E-state index is 13.7. The summed E-state index contributed by atoms with van der Waals surface area (Å²) in [6.07, 6.45) is -0.381. The molecule has 0 fully saturated rings. The van der Waals surface area contributed by atoms with Gasteiger partial charge >= 0.3 is 11.8 Å². The van der Waals surface area contributed by atoms with E-state index >= 15 is 0 Å². The highest BCUT2D eigenvalue weighted by Crippen LogP contribution is 2.54. The molecule has 1 N–H and O–H groups in total. The lowest BCUT2D eigenvalue weighted by Gasteiger charge is -2.20. The largest absolute Gasteiger partial charge is 0.465 e. The molecule has 1 aromatic carbocycles. The number of alkyl halides is 6. The van der Waals surface area contributed by atoms with Crippen molar-refractivity contribution in [2.45, 2.75) is 24.5 Å². The molecule has 0 radical (unpaired) electrons. The van der Waals surface area contributed by atoms with Crippen molar-refractivity contribution in [1.29, 1.82) is 0 Å². The van der Waals surface area contributed by atoms with Gasteiger partial charge in [-0.05, 0) is 24.3 Å². The highest BCUT2D eigenvalue weighted by atomic mass is 19.3. The Morgan fingerprint density at radius 1 is 1.17 bits per heavy atom. The van der Waals surface area contributed by atoms with E-state index in [0.717, 1.165) is 0 Å². The van der Waals surface area contributed by atoms with Crippen LogP contribution in [0.2, 0.25) is 0 Å². The SMILES string of the molecule is O=C1c2c(ccc(OC3C=CC=NN3)c2C(F)F)C(F)(F)C1(F)F. The minimum absolute atomic E-state index is 0.491. The Kier molecular flexibility index (Phi) is 3.57. The predicted octanol–water partition coefficient (Wildman–Crippen LogP) is 3.40. The number of ether oxygens (including phenoxy) is 1. The third kappa shape index (κ3) is 2.16. The zero-order valence-electron chi connectivity index (χ0n) is 11.6. The van der Waals surface area contributed by atoms with Crippen LogP contribution in [0.1, 0.15) is 27.9 Å². The van der Waals surface area contributed by atoms with E-state index in [1.54, 1.807) is 0 Å². The number of halogens is 6. The summed E-state index contributed by atoms with van der Waals surface area (Å²) >= 11 is 0. The average molecular weight is 350 g/mol. The molecule has 10 heteroatoms. The van der Waals surface area contributed by atoms with Crippen molar-refractivity contribution in [3.63, 3.8) is 0 Å². The molecule has 1 aliphatic heterocycles. The Hall–Kier alpha value is -2.52. The minimum Gasteiger partial charge on any atom is -0.465 e. The van der Waals surface area contributed by atoms with E-state index in [4.69, 9.17) is 4.74 Å². The van der Waals surface area contributed by atoms with Crippen LogP contribution in [0.25, 0.3) is 0 Å². The van der Waals surface area contributed by atoms with Crippen LogP contribution >= 0.6 is 0 Å². The molecule has 24 heavy (non-hydrogen) atoms. The summed E-state index contributed by atoms with van der Waals surface area (Å²) in [5.74, 6) is -13.0. The van der Waals surface area contributed by atoms with Gasteiger partial charge in [-0.25, -0.2) is 8.78 Å². The van der Waals surface area contributed by atoms with Crippen molar-refractivity contribution in [2.75, 3.05) is 0 Å². The van der Waals surface area contributed by atoms with Crippen molar-refractivity contribution in [1.82, 2.24) is 5.43 Å². The number of ketones is 1. The van der Waals surface area contributed by atoms with Crippen molar-refractivity contribution >= 4 is 12.0 Å². The molecule has 0 saturated heterocycles. The monoisotopic (exact) mass is 350 g/mol. The van der Waals surface area contributed by atoms with E-state index in [2.05, 4.69) is 10.5 Å². The third-order valence-electron chi connectivity index (χ3n) is 3.57. The Labute approximate surface area is 130 Å². The van der Waals surface area contributed by atoms with Crippen molar-refractivity contribution in [2.24, 2.45) is 5.10 Å². The molecule has 1 heterocycles. The maximum Gasteiger partial charge on any atom is 0.376 e. The number of allylic oxidation sites excluding steroid dienone is 1. The van der Waals surface area contributed by atoms with Crippen molar-refractivity contribution < 1.29 is 35.9 Å². The number of rotatable bonds is 3. The van der Waals surface area contributed by atoms with E-state index in [1.165, 1.54) is 18.4 Å². The number of Topliss-reactive ketones (excluding diaryl/α,β-unsaturated/α-hetero) is 1. The summed E-state index contributed by atoms with van der Waals surface area (Å²) in [6, 6.07) is 1.20. The fourth-order valence-corrected chi connectivity index (χ4v) is 2.45. The number of carbonyl (C=O) groups excluding carboxylic acids is 1. The second-order valence-electron chi connectivity index (χ2n) is 5.01. The first-order valence-corrected chi connectivity index (χ1v) is 6.56. The molecule has 2 aliphatic rings. The third-order valence-corrected chi connectivity index (χ3v) is 3.57. The van der Waals surface area contributed by atoms with Crippen LogP contribution in [0.5, 0.6) is 5.75 Å². The normalized spacial score (nSPS) is 23.3. The summed E-state index contributed by atoms with van der Waals surface area (Å²) in [5.41, 5.74) is -1.75. The first-order valence-electron chi connectivity index (χ1n) is 6.56. The summed E-state index contributed by atoms with van der Waals surface area (Å²) in [6.45, 7) is 0. The second kappa shape index (κ2) is 5.25. The zero-order chi connectivity index (χ0) is 17.7. The van der Waals surface area contributed by atoms with Crippen LogP contribution in [-0.4, -0.2) is 24.1 Å². The molecule has 1 aliphatic carbocycles. The van der Waals surface area contributed by atoms with Crippen molar-refractivity contribution in [3.05, 3.63) is 41.0 Å². The van der Waals surface area contributed by atoms with Gasteiger partial charge in [0.25, 0.3) is 6.43 Å². The van der Waals surface area contributed by atoms with E-state index < -0.39 is 52.7 Å². The molecule has 1 unspecified atom stereocenters. The molecule has 0 bridgehead atoms. The van der Waals surface area contributed by atoms with Gasteiger partial charge in [-0.2, -0.15) is 22.7 Å². The number of hydrogen-bond acceptors (Lipinski definition) is 4. The van der Waals surface area contributed by atoms with Crippen molar-refractivity contribution in [3.8, 4) is 5.75 Å². The van der Waals surface area contributed by atoms with E-state index in [-0.39, 0.29) is 0 Å². The minimum atomic E-state index is -5.09. The van der Waals surface area contributed by atoms with Crippen LogP contribution in [-0.2, 0) is 5.92 Å². The predicted molar refractivity (Wildman–Crippen MR) is 69.8 cm³/mol. The van der Waals surface area contributed by atoms with E-state index in [1.807, 2.05) is 0 Å². The molecule has 0 aromatic heterocycles. The van der Waals surface area contributed by atoms with Crippen LogP contribution in [0.4, 0.5) is 26.3 Å². The number of hydrogen-bond donors (Lipinski definition) is 1. The summed E-state index contributed by atoms with van der Waals surface area (Å²) in [4.78, 5) is 11.6. The van der Waals surface area contributed by atoms with Gasteiger partial charge in [0.2, 0.25) is 12.0 Å². The molecule has 128 valence electrons. The lowest BCUT2D eigenvalue weighted by Crippen LogP contribution is -2.38. The van der Waals surface area contributed by atoms with Gasteiger partial charge in [-0.3, -0.25) is 10.2 Å². The van der Waals surface area contributed by atoms with Gasteiger partial charge in [0, 0.05) is 17.3 Å². The van der Waals surface area contributed by atoms with Gasteiger partial charge in [0.05, 0.1) is 5.56 Å². The van der Waals surface area contributed by atoms with Crippen LogP contribution in [0, 0.1) is 0 Å². The molecule has 0 amide bonds. The number of hydrazone groups is 1. The molecule has 4 nitrogen and oxygen atoms in total. The number of nitrogens with zero attached hydrogens (tertiary/aromatic N) is 1. The van der Waals surface area contributed by atoms with Gasteiger partial charge in [0.15, 0.2) is 0 Å². The maximum atomic E-state index is 13.7. The molecule has 0 spiro atoms. The smallest absolute Gasteiger partial charge is 0.376 e. The quantitative estimate of drug-likeness (QED) is 0.850. The molecular weight excluding hydrogens is 342 g/mol. The first-order chi connectivity index (χ1) is 11.2. The number of benzene rings is 1. The highest BCUT2D eigenvalue weighted by molar-refractivity contribution is 6.08. The number of fused-ring (bicyclic) bond motifs is 1. The summed E-state index contributed by atoms with van der Waals surface area (Å²) in [5, 5.41) is 3.58. The van der Waals surface area contributed by atoms with Gasteiger partial charge in [-0.1, -0.05) is 0 Å². The topological polar surface area (TPSA) is 50.7 Å². The molecular formula is C14H8F6N2O2. The van der Waals surface area contributed by atoms with Gasteiger partial charge in [0.1, 0.15) is 5.75 Å². The Morgan fingerprint density at radius 3 is 2.46 bits per heavy atom. The summed E-state index contributed by atoms with van der Waals surface area (Å²) in [7, 11) is 0. The van der Waals surface area contributed by atoms with Crippen LogP contribution in [0.15, 0.2) is 29.4 Å². The molecule has 1 atom stereocenters. The van der Waals surface area contributed by atoms with Crippen LogP contribution < -0.4 is 10.2 Å². The Morgan fingerprint density at radius 2 is 1.88 bits per heavy atom. The van der Waals surface area contributed by atoms with Crippen LogP contribution in [0.3, 0.4) is 0 Å². The zero-order valence-corrected chi connectivity index (χ0v) is 11.6. The average Bonchev–Trinajstić information content (AvgIpc) is 2.66. The molecule has 3 rings (SSSR count). The Bertz CT molecular complexity index is 760. The standard InChI is InChI=1S/C14H8F6N2O2/c15-12(16)10-7(24-8-2-1-5-21-22-8)4-3-6-9(10)11(23)14(19,20)13(6,17)18/h1-5,8,12,22H. The van der Waals surface area contributed by atoms with E-state index in [0.29, 0.717) is 12.1 Å². The first kappa shape index (κ1) is 16.3. The number of nitrogens with one attached hydrogen (secondary N) is 1. The molecule has 0 saturated carbocycles. The van der Waals surface area contributed by atoms with Gasteiger partial charge < -0.3 is 4.74 Å². The highest BCUT2D eigenvalue weighted by Gasteiger charge is 2.70. The fourth-order valence-electron chi connectivity index (χ4n) is 2.45. The van der Waals surface area contributed by atoms with E-state index in [9.17, 15) is 31.1 Å². The van der Waals surface area contributed by atoms with Gasteiger partial charge in [-0.15, -0.1) is 0 Å². The second-order valence-corrected chi connectivity index (χ2v) is 5.01. The molecule has 1 aromatic rings. The fraction of sp³-hybridized carbons (Fsp3) is 0.286. The number of carbonyl (C=O) groups is 1.